The highest BCUT2D eigenvalue weighted by molar-refractivity contribution is 5.95. The normalized spacial score (nSPS) is 16.7. The fourth-order valence-electron chi connectivity index (χ4n) is 2.87. The SMILES string of the molecule is O=C(CCCOc1ccccc1)NCC1CN(c2ccc(F)cc2)C(=O)CO1. The third-order valence-corrected chi connectivity index (χ3v) is 4.36. The van der Waals surface area contributed by atoms with Gasteiger partial charge in [-0.25, -0.2) is 4.39 Å². The molecule has 0 saturated carbocycles. The summed E-state index contributed by atoms with van der Waals surface area (Å²) in [7, 11) is 0. The first kappa shape index (κ1) is 19.8. The number of hydrogen-bond acceptors (Lipinski definition) is 4. The molecule has 3 rings (SSSR count). The number of amides is 2. The molecule has 1 atom stereocenters. The minimum absolute atomic E-state index is 0.0666. The molecule has 6 nitrogen and oxygen atoms in total. The van der Waals surface area contributed by atoms with Crippen molar-refractivity contribution in [1.82, 2.24) is 5.32 Å². The van der Waals surface area contributed by atoms with Crippen molar-refractivity contribution in [3.05, 3.63) is 60.4 Å². The minimum Gasteiger partial charge on any atom is -0.494 e. The van der Waals surface area contributed by atoms with Crippen molar-refractivity contribution in [1.29, 1.82) is 0 Å². The summed E-state index contributed by atoms with van der Waals surface area (Å²) in [5, 5.41) is 2.83. The Balaban J connectivity index is 1.38. The number of anilines is 1. The molecule has 28 heavy (non-hydrogen) atoms. The predicted molar refractivity (Wildman–Crippen MR) is 103 cm³/mol. The summed E-state index contributed by atoms with van der Waals surface area (Å²) in [5.41, 5.74) is 0.615. The molecule has 1 fully saturated rings. The van der Waals surface area contributed by atoms with Gasteiger partial charge in [0.15, 0.2) is 0 Å². The number of benzene rings is 2. The highest BCUT2D eigenvalue weighted by Crippen LogP contribution is 2.19. The van der Waals surface area contributed by atoms with Crippen molar-refractivity contribution in [2.75, 3.05) is 31.2 Å². The zero-order valence-corrected chi connectivity index (χ0v) is 15.5. The Hall–Kier alpha value is -2.93. The van der Waals surface area contributed by atoms with E-state index in [-0.39, 0.29) is 30.3 Å². The maximum Gasteiger partial charge on any atom is 0.253 e. The lowest BCUT2D eigenvalue weighted by Crippen LogP contribution is -2.50. The van der Waals surface area contributed by atoms with E-state index in [0.717, 1.165) is 5.75 Å². The molecule has 0 bridgehead atoms. The highest BCUT2D eigenvalue weighted by atomic mass is 19.1. The monoisotopic (exact) mass is 386 g/mol. The van der Waals surface area contributed by atoms with Crippen LogP contribution in [0, 0.1) is 5.82 Å². The summed E-state index contributed by atoms with van der Waals surface area (Å²) in [6.45, 7) is 1.01. The van der Waals surface area contributed by atoms with Gasteiger partial charge in [0, 0.05) is 18.7 Å². The highest BCUT2D eigenvalue weighted by Gasteiger charge is 2.27. The van der Waals surface area contributed by atoms with Crippen LogP contribution >= 0.6 is 0 Å². The zero-order chi connectivity index (χ0) is 19.8. The Labute approximate surface area is 163 Å². The molecule has 7 heteroatoms. The van der Waals surface area contributed by atoms with Gasteiger partial charge in [-0.3, -0.25) is 9.59 Å². The number of carbonyl (C=O) groups is 2. The molecule has 0 radical (unpaired) electrons. The van der Waals surface area contributed by atoms with E-state index in [0.29, 0.717) is 38.2 Å². The van der Waals surface area contributed by atoms with E-state index in [9.17, 15) is 14.0 Å². The van der Waals surface area contributed by atoms with E-state index in [1.807, 2.05) is 30.3 Å². The Morgan fingerprint density at radius 3 is 2.68 bits per heavy atom. The summed E-state index contributed by atoms with van der Waals surface area (Å²) in [4.78, 5) is 25.6. The van der Waals surface area contributed by atoms with E-state index in [1.54, 1.807) is 17.0 Å². The summed E-state index contributed by atoms with van der Waals surface area (Å²) >= 11 is 0. The van der Waals surface area contributed by atoms with Crippen LogP contribution in [0.4, 0.5) is 10.1 Å². The van der Waals surface area contributed by atoms with Gasteiger partial charge in [0.25, 0.3) is 5.91 Å². The molecule has 1 saturated heterocycles. The van der Waals surface area contributed by atoms with Crippen molar-refractivity contribution in [3.63, 3.8) is 0 Å². The molecule has 0 spiro atoms. The second-order valence-electron chi connectivity index (χ2n) is 6.48. The Morgan fingerprint density at radius 2 is 1.93 bits per heavy atom. The number of morpholine rings is 1. The fourth-order valence-corrected chi connectivity index (χ4v) is 2.87. The molecule has 0 aromatic heterocycles. The Morgan fingerprint density at radius 1 is 1.18 bits per heavy atom. The van der Waals surface area contributed by atoms with Gasteiger partial charge in [-0.15, -0.1) is 0 Å². The van der Waals surface area contributed by atoms with E-state index in [4.69, 9.17) is 9.47 Å². The fraction of sp³-hybridized carbons (Fsp3) is 0.333. The van der Waals surface area contributed by atoms with E-state index < -0.39 is 0 Å². The van der Waals surface area contributed by atoms with E-state index in [1.165, 1.54) is 12.1 Å². The Bertz CT molecular complexity index is 783. The zero-order valence-electron chi connectivity index (χ0n) is 15.5. The lowest BCUT2D eigenvalue weighted by molar-refractivity contribution is -0.129. The van der Waals surface area contributed by atoms with Crippen LogP contribution in [-0.4, -0.2) is 44.2 Å². The first-order chi connectivity index (χ1) is 13.6. The van der Waals surface area contributed by atoms with Crippen LogP contribution in [0.3, 0.4) is 0 Å². The largest absolute Gasteiger partial charge is 0.494 e. The van der Waals surface area contributed by atoms with Crippen LogP contribution in [0.15, 0.2) is 54.6 Å². The smallest absolute Gasteiger partial charge is 0.253 e. The topological polar surface area (TPSA) is 67.9 Å². The molecule has 1 heterocycles. The first-order valence-corrected chi connectivity index (χ1v) is 9.24. The molecule has 2 amide bonds. The number of para-hydroxylation sites is 1. The van der Waals surface area contributed by atoms with Crippen molar-refractivity contribution < 1.29 is 23.5 Å². The molecule has 2 aromatic carbocycles. The van der Waals surface area contributed by atoms with Crippen LogP contribution in [0.5, 0.6) is 5.75 Å². The van der Waals surface area contributed by atoms with Gasteiger partial charge in [-0.1, -0.05) is 18.2 Å². The number of rotatable bonds is 8. The second-order valence-corrected chi connectivity index (χ2v) is 6.48. The molecule has 1 aliphatic rings. The molecule has 0 aliphatic carbocycles. The van der Waals surface area contributed by atoms with Crippen molar-refractivity contribution in [3.8, 4) is 5.75 Å². The van der Waals surface area contributed by atoms with Gasteiger partial charge in [0.1, 0.15) is 18.2 Å². The molecular weight excluding hydrogens is 363 g/mol. The van der Waals surface area contributed by atoms with Crippen LogP contribution in [0.1, 0.15) is 12.8 Å². The number of nitrogens with zero attached hydrogens (tertiary/aromatic N) is 1. The van der Waals surface area contributed by atoms with Gasteiger partial charge in [-0.05, 0) is 42.8 Å². The molecule has 1 aliphatic heterocycles. The first-order valence-electron chi connectivity index (χ1n) is 9.24. The quantitative estimate of drug-likeness (QED) is 0.708. The summed E-state index contributed by atoms with van der Waals surface area (Å²) in [5.74, 6) is 0.145. The van der Waals surface area contributed by atoms with Crippen LogP contribution in [0.25, 0.3) is 0 Å². The van der Waals surface area contributed by atoms with E-state index >= 15 is 0 Å². The molecular formula is C21H23FN2O4. The molecule has 2 aromatic rings. The van der Waals surface area contributed by atoms with Crippen LogP contribution in [0.2, 0.25) is 0 Å². The van der Waals surface area contributed by atoms with Crippen molar-refractivity contribution in [2.24, 2.45) is 0 Å². The summed E-state index contributed by atoms with van der Waals surface area (Å²) < 4.78 is 24.1. The average molecular weight is 386 g/mol. The van der Waals surface area contributed by atoms with Gasteiger partial charge in [0.2, 0.25) is 5.91 Å². The van der Waals surface area contributed by atoms with Gasteiger partial charge in [0.05, 0.1) is 19.3 Å². The van der Waals surface area contributed by atoms with E-state index in [2.05, 4.69) is 5.32 Å². The lowest BCUT2D eigenvalue weighted by Gasteiger charge is -2.32. The third kappa shape index (κ3) is 5.79. The maximum atomic E-state index is 13.1. The summed E-state index contributed by atoms with van der Waals surface area (Å²) in [6, 6.07) is 15.2. The number of carbonyl (C=O) groups excluding carboxylic acids is 2. The predicted octanol–water partition coefficient (Wildman–Crippen LogP) is 2.53. The van der Waals surface area contributed by atoms with Crippen LogP contribution in [-0.2, 0) is 14.3 Å². The van der Waals surface area contributed by atoms with Gasteiger partial charge < -0.3 is 19.7 Å². The maximum absolute atomic E-state index is 13.1. The molecule has 1 unspecified atom stereocenters. The molecule has 148 valence electrons. The average Bonchev–Trinajstić information content (AvgIpc) is 2.72. The van der Waals surface area contributed by atoms with Crippen molar-refractivity contribution >= 4 is 17.5 Å². The summed E-state index contributed by atoms with van der Waals surface area (Å²) in [6.07, 6.45) is 0.638. The van der Waals surface area contributed by atoms with Gasteiger partial charge >= 0.3 is 0 Å². The minimum atomic E-state index is -0.357. The Kier molecular flexibility index (Phi) is 6.97. The number of halogens is 1. The lowest BCUT2D eigenvalue weighted by atomic mass is 10.2. The number of hydrogen-bond donors (Lipinski definition) is 1. The van der Waals surface area contributed by atoms with Gasteiger partial charge in [-0.2, -0.15) is 0 Å². The number of ether oxygens (including phenoxy) is 2. The third-order valence-electron chi connectivity index (χ3n) is 4.36. The standard InChI is InChI=1S/C21H23FN2O4/c22-16-8-10-17(11-9-16)24-14-19(28-15-21(24)26)13-23-20(25)7-4-12-27-18-5-2-1-3-6-18/h1-3,5-6,8-11,19H,4,7,12-15H2,(H,23,25). The van der Waals surface area contributed by atoms with Crippen molar-refractivity contribution in [2.45, 2.75) is 18.9 Å². The number of nitrogens with one attached hydrogen (secondary N) is 1. The van der Waals surface area contributed by atoms with Crippen LogP contribution < -0.4 is 15.0 Å². The molecule has 1 N–H and O–H groups in total. The second kappa shape index (κ2) is 9.85.